The molecule has 1 aliphatic rings. The van der Waals surface area contributed by atoms with Crippen LogP contribution in [0.1, 0.15) is 28.9 Å². The molecule has 0 aliphatic carbocycles. The van der Waals surface area contributed by atoms with Crippen molar-refractivity contribution in [3.05, 3.63) is 59.7 Å². The SMILES string of the molecule is C[C@H](OC(=O)c1ccc2c(c1)OCCO2)c1ccccc1. The second kappa shape index (κ2) is 5.87. The Morgan fingerprint density at radius 3 is 2.52 bits per heavy atom. The van der Waals surface area contributed by atoms with E-state index in [2.05, 4.69) is 0 Å². The standard InChI is InChI=1S/C17H16O4/c1-12(13-5-3-2-4-6-13)21-17(18)14-7-8-15-16(11-14)20-10-9-19-15/h2-8,11-12H,9-10H2,1H3/t12-/m0/s1. The molecule has 0 N–H and O–H groups in total. The molecule has 0 saturated heterocycles. The van der Waals surface area contributed by atoms with E-state index < -0.39 is 0 Å². The van der Waals surface area contributed by atoms with Crippen LogP contribution >= 0.6 is 0 Å². The molecule has 0 saturated carbocycles. The summed E-state index contributed by atoms with van der Waals surface area (Å²) in [6.07, 6.45) is -0.299. The average molecular weight is 284 g/mol. The first kappa shape index (κ1) is 13.5. The van der Waals surface area contributed by atoms with Gasteiger partial charge in [0.2, 0.25) is 0 Å². The van der Waals surface area contributed by atoms with Crippen molar-refractivity contribution in [1.82, 2.24) is 0 Å². The third kappa shape index (κ3) is 2.99. The first-order chi connectivity index (χ1) is 10.2. The Morgan fingerprint density at radius 2 is 1.76 bits per heavy atom. The Labute approximate surface area is 123 Å². The number of carbonyl (C=O) groups excluding carboxylic acids is 1. The van der Waals surface area contributed by atoms with Crippen molar-refractivity contribution in [3.8, 4) is 11.5 Å². The maximum atomic E-state index is 12.2. The normalized spacial score (nSPS) is 14.3. The predicted molar refractivity (Wildman–Crippen MR) is 77.7 cm³/mol. The van der Waals surface area contributed by atoms with E-state index in [0.717, 1.165) is 5.56 Å². The van der Waals surface area contributed by atoms with Crippen molar-refractivity contribution >= 4 is 5.97 Å². The maximum absolute atomic E-state index is 12.2. The molecular weight excluding hydrogens is 268 g/mol. The molecule has 2 aromatic carbocycles. The quantitative estimate of drug-likeness (QED) is 0.811. The second-order valence-electron chi connectivity index (χ2n) is 4.82. The molecule has 4 nitrogen and oxygen atoms in total. The molecule has 21 heavy (non-hydrogen) atoms. The Balaban J connectivity index is 1.73. The van der Waals surface area contributed by atoms with E-state index in [1.54, 1.807) is 18.2 Å². The number of ether oxygens (including phenoxy) is 3. The monoisotopic (exact) mass is 284 g/mol. The van der Waals surface area contributed by atoms with Gasteiger partial charge in [0.15, 0.2) is 11.5 Å². The summed E-state index contributed by atoms with van der Waals surface area (Å²) in [5.41, 5.74) is 1.42. The molecule has 1 aliphatic heterocycles. The van der Waals surface area contributed by atoms with Crippen LogP contribution in [-0.2, 0) is 4.74 Å². The summed E-state index contributed by atoms with van der Waals surface area (Å²) < 4.78 is 16.4. The van der Waals surface area contributed by atoms with Crippen molar-refractivity contribution in [2.75, 3.05) is 13.2 Å². The lowest BCUT2D eigenvalue weighted by Crippen LogP contribution is -2.16. The van der Waals surface area contributed by atoms with Crippen molar-refractivity contribution in [2.45, 2.75) is 13.0 Å². The highest BCUT2D eigenvalue weighted by molar-refractivity contribution is 5.90. The molecule has 1 heterocycles. The Hall–Kier alpha value is -2.49. The number of benzene rings is 2. The van der Waals surface area contributed by atoms with Crippen LogP contribution in [0.5, 0.6) is 11.5 Å². The van der Waals surface area contributed by atoms with Crippen molar-refractivity contribution in [1.29, 1.82) is 0 Å². The molecule has 4 heteroatoms. The zero-order valence-electron chi connectivity index (χ0n) is 11.7. The predicted octanol–water partition coefficient (Wildman–Crippen LogP) is 3.38. The summed E-state index contributed by atoms with van der Waals surface area (Å²) in [7, 11) is 0. The molecule has 0 aromatic heterocycles. The summed E-state index contributed by atoms with van der Waals surface area (Å²) in [4.78, 5) is 12.2. The lowest BCUT2D eigenvalue weighted by molar-refractivity contribution is 0.0337. The van der Waals surface area contributed by atoms with Crippen LogP contribution < -0.4 is 9.47 Å². The molecule has 0 fully saturated rings. The first-order valence-electron chi connectivity index (χ1n) is 6.89. The first-order valence-corrected chi connectivity index (χ1v) is 6.89. The highest BCUT2D eigenvalue weighted by Crippen LogP contribution is 2.31. The fourth-order valence-electron chi connectivity index (χ4n) is 2.19. The average Bonchev–Trinajstić information content (AvgIpc) is 2.55. The van der Waals surface area contributed by atoms with Crippen molar-refractivity contribution in [3.63, 3.8) is 0 Å². The summed E-state index contributed by atoms with van der Waals surface area (Å²) in [6, 6.07) is 14.7. The summed E-state index contributed by atoms with van der Waals surface area (Å²) in [5.74, 6) is 0.875. The minimum absolute atomic E-state index is 0.299. The Kier molecular flexibility index (Phi) is 3.77. The van der Waals surface area contributed by atoms with E-state index in [-0.39, 0.29) is 12.1 Å². The molecule has 0 radical (unpaired) electrons. The van der Waals surface area contributed by atoms with Gasteiger partial charge in [0, 0.05) is 0 Å². The van der Waals surface area contributed by atoms with E-state index in [4.69, 9.17) is 14.2 Å². The summed E-state index contributed by atoms with van der Waals surface area (Å²) in [5, 5.41) is 0. The van der Waals surface area contributed by atoms with Gasteiger partial charge in [0.05, 0.1) is 5.56 Å². The zero-order valence-corrected chi connectivity index (χ0v) is 11.7. The van der Waals surface area contributed by atoms with Gasteiger partial charge < -0.3 is 14.2 Å². The Morgan fingerprint density at radius 1 is 1.05 bits per heavy atom. The highest BCUT2D eigenvalue weighted by atomic mass is 16.6. The Bertz CT molecular complexity index is 636. The smallest absolute Gasteiger partial charge is 0.338 e. The zero-order chi connectivity index (χ0) is 14.7. The van der Waals surface area contributed by atoms with Gasteiger partial charge in [-0.15, -0.1) is 0 Å². The second-order valence-corrected chi connectivity index (χ2v) is 4.82. The van der Waals surface area contributed by atoms with E-state index in [9.17, 15) is 4.79 Å². The number of fused-ring (bicyclic) bond motifs is 1. The number of hydrogen-bond donors (Lipinski definition) is 0. The van der Waals surface area contributed by atoms with Crippen LogP contribution in [0.4, 0.5) is 0 Å². The van der Waals surface area contributed by atoms with Gasteiger partial charge in [0.1, 0.15) is 19.3 Å². The molecule has 0 unspecified atom stereocenters. The molecule has 108 valence electrons. The van der Waals surface area contributed by atoms with Gasteiger partial charge in [-0.3, -0.25) is 0 Å². The third-order valence-electron chi connectivity index (χ3n) is 3.33. The molecule has 0 bridgehead atoms. The minimum Gasteiger partial charge on any atom is -0.486 e. The fraction of sp³-hybridized carbons (Fsp3) is 0.235. The van der Waals surface area contributed by atoms with Crippen LogP contribution in [0.25, 0.3) is 0 Å². The number of carbonyl (C=O) groups is 1. The number of esters is 1. The summed E-state index contributed by atoms with van der Waals surface area (Å²) >= 11 is 0. The summed E-state index contributed by atoms with van der Waals surface area (Å²) in [6.45, 7) is 2.87. The van der Waals surface area contributed by atoms with Gasteiger partial charge in [-0.05, 0) is 30.7 Å². The molecule has 0 amide bonds. The van der Waals surface area contributed by atoms with Gasteiger partial charge in [-0.2, -0.15) is 0 Å². The molecule has 0 spiro atoms. The molecule has 2 aromatic rings. The topological polar surface area (TPSA) is 44.8 Å². The van der Waals surface area contributed by atoms with E-state index in [0.29, 0.717) is 30.3 Å². The fourth-order valence-corrected chi connectivity index (χ4v) is 2.19. The van der Waals surface area contributed by atoms with E-state index in [1.807, 2.05) is 37.3 Å². The van der Waals surface area contributed by atoms with Crippen LogP contribution in [0.15, 0.2) is 48.5 Å². The van der Waals surface area contributed by atoms with Gasteiger partial charge in [-0.1, -0.05) is 30.3 Å². The van der Waals surface area contributed by atoms with Gasteiger partial charge in [-0.25, -0.2) is 4.79 Å². The lowest BCUT2D eigenvalue weighted by Gasteiger charge is -2.19. The van der Waals surface area contributed by atoms with Crippen molar-refractivity contribution < 1.29 is 19.0 Å². The van der Waals surface area contributed by atoms with Crippen LogP contribution in [0, 0.1) is 0 Å². The van der Waals surface area contributed by atoms with Crippen LogP contribution in [-0.4, -0.2) is 19.2 Å². The van der Waals surface area contributed by atoms with E-state index in [1.165, 1.54) is 0 Å². The van der Waals surface area contributed by atoms with E-state index >= 15 is 0 Å². The van der Waals surface area contributed by atoms with Crippen molar-refractivity contribution in [2.24, 2.45) is 0 Å². The minimum atomic E-state index is -0.372. The lowest BCUT2D eigenvalue weighted by atomic mass is 10.1. The van der Waals surface area contributed by atoms with Crippen LogP contribution in [0.2, 0.25) is 0 Å². The molecule has 1 atom stereocenters. The molecule has 3 rings (SSSR count). The van der Waals surface area contributed by atoms with Gasteiger partial charge in [0.25, 0.3) is 0 Å². The number of rotatable bonds is 3. The highest BCUT2D eigenvalue weighted by Gasteiger charge is 2.18. The maximum Gasteiger partial charge on any atom is 0.338 e. The van der Waals surface area contributed by atoms with Gasteiger partial charge >= 0.3 is 5.97 Å². The largest absolute Gasteiger partial charge is 0.486 e. The molecular formula is C17H16O4. The number of hydrogen-bond acceptors (Lipinski definition) is 4. The third-order valence-corrected chi connectivity index (χ3v) is 3.33. The van der Waals surface area contributed by atoms with Crippen LogP contribution in [0.3, 0.4) is 0 Å².